The van der Waals surface area contributed by atoms with Gasteiger partial charge in [0.05, 0.1) is 6.54 Å². The van der Waals surface area contributed by atoms with Crippen molar-refractivity contribution < 1.29 is 23.1 Å². The number of likely N-dealkylation sites (N-methyl/N-ethyl adjacent to an activating group) is 1. The van der Waals surface area contributed by atoms with E-state index in [0.717, 1.165) is 0 Å². The molecule has 0 aliphatic carbocycles. The summed E-state index contributed by atoms with van der Waals surface area (Å²) in [4.78, 5) is 28.3. The topological polar surface area (TPSA) is 49.9 Å². The third kappa shape index (κ3) is 4.90. The number of nitrogens with zero attached hydrogens (tertiary/aromatic N) is 2. The van der Waals surface area contributed by atoms with E-state index in [1.165, 1.54) is 12.1 Å². The molecule has 5 nitrogen and oxygen atoms in total. The van der Waals surface area contributed by atoms with Gasteiger partial charge in [-0.05, 0) is 37.0 Å². The van der Waals surface area contributed by atoms with Crippen molar-refractivity contribution in [2.75, 3.05) is 13.1 Å². The molecule has 0 aromatic heterocycles. The van der Waals surface area contributed by atoms with E-state index in [4.69, 9.17) is 0 Å². The van der Waals surface area contributed by atoms with Gasteiger partial charge in [0.25, 0.3) is 0 Å². The fraction of sp³-hybridized carbons (Fsp3) is 0.556. The monoisotopic (exact) mass is 354 g/mol. The van der Waals surface area contributed by atoms with E-state index in [-0.39, 0.29) is 36.6 Å². The molecule has 1 aromatic carbocycles. The van der Waals surface area contributed by atoms with E-state index in [9.17, 15) is 18.4 Å². The summed E-state index contributed by atoms with van der Waals surface area (Å²) in [5.41, 5.74) is 0.651. The number of benzene rings is 1. The molecule has 1 aliphatic heterocycles. The molecular weight excluding hydrogens is 330 g/mol. The zero-order chi connectivity index (χ0) is 18.6. The maximum atomic E-state index is 12.7. The molecule has 2 amide bonds. The quantitative estimate of drug-likeness (QED) is 0.757. The first-order valence-corrected chi connectivity index (χ1v) is 8.43. The average Bonchev–Trinajstić information content (AvgIpc) is 2.53. The molecule has 0 saturated carbocycles. The number of ether oxygens (including phenoxy) is 1. The van der Waals surface area contributed by atoms with Crippen LogP contribution in [0, 0.1) is 5.92 Å². The van der Waals surface area contributed by atoms with Gasteiger partial charge in [-0.2, -0.15) is 8.78 Å². The molecule has 1 aromatic rings. The Hall–Kier alpha value is -2.18. The van der Waals surface area contributed by atoms with Crippen molar-refractivity contribution in [1.29, 1.82) is 0 Å². The Morgan fingerprint density at radius 1 is 1.28 bits per heavy atom. The summed E-state index contributed by atoms with van der Waals surface area (Å²) in [5.74, 6) is 0.0940. The standard InChI is InChI=1S/C18H24F2N2O3/c1-4-21-11-16(23)22(15(17(21)24)8-12(2)3)10-13-6-5-7-14(9-13)25-18(19)20/h5-7,9,12,15,18H,4,8,10-11H2,1-3H3/t15-/m0/s1. The Morgan fingerprint density at radius 2 is 2.00 bits per heavy atom. The SMILES string of the molecule is CCN1CC(=O)N(Cc2cccc(OC(F)F)c2)[C@@H](CC(C)C)C1=O. The predicted octanol–water partition coefficient (Wildman–Crippen LogP) is 2.89. The number of amides is 2. The van der Waals surface area contributed by atoms with Crippen molar-refractivity contribution >= 4 is 11.8 Å². The Morgan fingerprint density at radius 3 is 2.60 bits per heavy atom. The van der Waals surface area contributed by atoms with Gasteiger partial charge in [0, 0.05) is 13.1 Å². The summed E-state index contributed by atoms with van der Waals surface area (Å²) in [6.07, 6.45) is 0.564. The van der Waals surface area contributed by atoms with Crippen molar-refractivity contribution in [3.05, 3.63) is 29.8 Å². The van der Waals surface area contributed by atoms with Crippen LogP contribution in [-0.4, -0.2) is 47.4 Å². The zero-order valence-electron chi connectivity index (χ0n) is 14.7. The normalized spacial score (nSPS) is 18.4. The molecule has 0 N–H and O–H groups in total. The number of hydrogen-bond acceptors (Lipinski definition) is 3. The number of halogens is 2. The lowest BCUT2D eigenvalue weighted by Crippen LogP contribution is -2.59. The van der Waals surface area contributed by atoms with Crippen LogP contribution in [0.15, 0.2) is 24.3 Å². The molecule has 25 heavy (non-hydrogen) atoms. The summed E-state index contributed by atoms with van der Waals surface area (Å²) in [5, 5.41) is 0. The van der Waals surface area contributed by atoms with Crippen molar-refractivity contribution in [2.45, 2.75) is 46.4 Å². The van der Waals surface area contributed by atoms with Crippen molar-refractivity contribution in [3.63, 3.8) is 0 Å². The molecule has 1 atom stereocenters. The van der Waals surface area contributed by atoms with Crippen LogP contribution in [0.5, 0.6) is 5.75 Å². The summed E-state index contributed by atoms with van der Waals surface area (Å²) in [6.45, 7) is 3.68. The van der Waals surface area contributed by atoms with E-state index in [1.807, 2.05) is 20.8 Å². The lowest BCUT2D eigenvalue weighted by molar-refractivity contribution is -0.157. The lowest BCUT2D eigenvalue weighted by Gasteiger charge is -2.40. The first-order valence-electron chi connectivity index (χ1n) is 8.43. The van der Waals surface area contributed by atoms with Gasteiger partial charge in [0.15, 0.2) is 0 Å². The van der Waals surface area contributed by atoms with E-state index in [1.54, 1.807) is 21.9 Å². The molecule has 7 heteroatoms. The van der Waals surface area contributed by atoms with Crippen molar-refractivity contribution in [2.24, 2.45) is 5.92 Å². The highest BCUT2D eigenvalue weighted by Crippen LogP contribution is 2.23. The average molecular weight is 354 g/mol. The van der Waals surface area contributed by atoms with Crippen LogP contribution in [0.25, 0.3) is 0 Å². The predicted molar refractivity (Wildman–Crippen MR) is 89.1 cm³/mol. The van der Waals surface area contributed by atoms with Crippen LogP contribution in [-0.2, 0) is 16.1 Å². The Kier molecular flexibility index (Phi) is 6.33. The number of alkyl halides is 2. The van der Waals surface area contributed by atoms with E-state index in [0.29, 0.717) is 18.5 Å². The first kappa shape index (κ1) is 19.1. The second-order valence-corrected chi connectivity index (χ2v) is 6.55. The molecule has 2 rings (SSSR count). The van der Waals surface area contributed by atoms with Crippen LogP contribution in [0.2, 0.25) is 0 Å². The first-order chi connectivity index (χ1) is 11.8. The van der Waals surface area contributed by atoms with Gasteiger partial charge in [-0.15, -0.1) is 0 Å². The second kappa shape index (κ2) is 8.27. The van der Waals surface area contributed by atoms with Gasteiger partial charge < -0.3 is 14.5 Å². The second-order valence-electron chi connectivity index (χ2n) is 6.55. The van der Waals surface area contributed by atoms with Crippen LogP contribution >= 0.6 is 0 Å². The minimum atomic E-state index is -2.90. The van der Waals surface area contributed by atoms with E-state index in [2.05, 4.69) is 4.74 Å². The van der Waals surface area contributed by atoms with Gasteiger partial charge >= 0.3 is 6.61 Å². The van der Waals surface area contributed by atoms with E-state index >= 15 is 0 Å². The Bertz CT molecular complexity index is 622. The third-order valence-corrected chi connectivity index (χ3v) is 4.17. The fourth-order valence-corrected chi connectivity index (χ4v) is 3.01. The van der Waals surface area contributed by atoms with Gasteiger partial charge in [-0.25, -0.2) is 0 Å². The highest BCUT2D eigenvalue weighted by molar-refractivity contribution is 5.94. The molecule has 0 bridgehead atoms. The van der Waals surface area contributed by atoms with Gasteiger partial charge in [0.1, 0.15) is 11.8 Å². The highest BCUT2D eigenvalue weighted by atomic mass is 19.3. The van der Waals surface area contributed by atoms with Crippen LogP contribution in [0.1, 0.15) is 32.8 Å². The maximum absolute atomic E-state index is 12.7. The molecule has 0 radical (unpaired) electrons. The minimum absolute atomic E-state index is 0.0406. The van der Waals surface area contributed by atoms with Gasteiger partial charge in [-0.3, -0.25) is 9.59 Å². The van der Waals surface area contributed by atoms with Crippen LogP contribution < -0.4 is 4.74 Å². The largest absolute Gasteiger partial charge is 0.435 e. The summed E-state index contributed by atoms with van der Waals surface area (Å²) in [7, 11) is 0. The maximum Gasteiger partial charge on any atom is 0.387 e. The van der Waals surface area contributed by atoms with Crippen LogP contribution in [0.3, 0.4) is 0 Å². The van der Waals surface area contributed by atoms with Crippen molar-refractivity contribution in [3.8, 4) is 5.75 Å². The molecule has 1 saturated heterocycles. The molecule has 138 valence electrons. The molecule has 1 fully saturated rings. The summed E-state index contributed by atoms with van der Waals surface area (Å²) < 4.78 is 29.2. The molecule has 0 spiro atoms. The lowest BCUT2D eigenvalue weighted by atomic mass is 9.98. The van der Waals surface area contributed by atoms with Gasteiger partial charge in [0.2, 0.25) is 11.8 Å². The Balaban J connectivity index is 2.22. The number of piperazine rings is 1. The number of hydrogen-bond donors (Lipinski definition) is 0. The summed E-state index contributed by atoms with van der Waals surface area (Å²) >= 11 is 0. The summed E-state index contributed by atoms with van der Waals surface area (Å²) in [6, 6.07) is 5.71. The smallest absolute Gasteiger partial charge is 0.387 e. The highest BCUT2D eigenvalue weighted by Gasteiger charge is 2.38. The molecular formula is C18H24F2N2O3. The number of carbonyl (C=O) groups excluding carboxylic acids is 2. The van der Waals surface area contributed by atoms with Crippen LogP contribution in [0.4, 0.5) is 8.78 Å². The zero-order valence-corrected chi connectivity index (χ0v) is 14.7. The third-order valence-electron chi connectivity index (χ3n) is 4.17. The fourth-order valence-electron chi connectivity index (χ4n) is 3.01. The minimum Gasteiger partial charge on any atom is -0.435 e. The number of rotatable bonds is 7. The number of carbonyl (C=O) groups is 2. The molecule has 1 heterocycles. The van der Waals surface area contributed by atoms with E-state index < -0.39 is 12.7 Å². The van der Waals surface area contributed by atoms with Gasteiger partial charge in [-0.1, -0.05) is 26.0 Å². The molecule has 1 aliphatic rings. The molecule has 0 unspecified atom stereocenters. The van der Waals surface area contributed by atoms with Crippen molar-refractivity contribution in [1.82, 2.24) is 9.80 Å². The Labute approximate surface area is 146 Å².